The van der Waals surface area contributed by atoms with Crippen LogP contribution in [0, 0.1) is 0 Å². The molecule has 3 aromatic carbocycles. The van der Waals surface area contributed by atoms with E-state index in [9.17, 15) is 24.9 Å². The molecule has 0 spiro atoms. The Kier molecular flexibility index (Phi) is 13.5. The van der Waals surface area contributed by atoms with E-state index in [0.29, 0.717) is 50.9 Å². The van der Waals surface area contributed by atoms with E-state index < -0.39 is 18.3 Å². The molecule has 1 aliphatic rings. The molecule has 6 N–H and O–H groups in total. The van der Waals surface area contributed by atoms with E-state index >= 15 is 0 Å². The summed E-state index contributed by atoms with van der Waals surface area (Å²) < 4.78 is 12.9. The van der Waals surface area contributed by atoms with Crippen LogP contribution in [-0.2, 0) is 32.2 Å². The van der Waals surface area contributed by atoms with Crippen LogP contribution in [0.3, 0.4) is 0 Å². The number of phenolic OH excluding ortho intramolecular Hbond substituents is 1. The predicted molar refractivity (Wildman–Crippen MR) is 170 cm³/mol. The highest BCUT2D eigenvalue weighted by atomic mass is 16.7. The third-order valence-corrected chi connectivity index (χ3v) is 8.04. The molecular formula is C35H45N3O8. The van der Waals surface area contributed by atoms with Crippen LogP contribution in [0.1, 0.15) is 84.8 Å². The Morgan fingerprint density at radius 2 is 1.59 bits per heavy atom. The number of rotatable bonds is 16. The minimum absolute atomic E-state index is 0.0369. The fraction of sp³-hybridized carbons (Fsp3) is 0.429. The number of aliphatic hydroxyl groups is 2. The average Bonchev–Trinajstić information content (AvgIpc) is 3.07. The van der Waals surface area contributed by atoms with Crippen molar-refractivity contribution >= 4 is 11.8 Å². The Hall–Kier alpha value is -3.84. The van der Waals surface area contributed by atoms with E-state index in [0.717, 1.165) is 28.7 Å². The number of hydrogen-bond donors (Lipinski definition) is 6. The molecule has 248 valence electrons. The van der Waals surface area contributed by atoms with Crippen molar-refractivity contribution in [1.82, 2.24) is 15.7 Å². The van der Waals surface area contributed by atoms with Gasteiger partial charge in [0, 0.05) is 44.5 Å². The number of hydroxylamine groups is 1. The highest BCUT2D eigenvalue weighted by Crippen LogP contribution is 2.38. The molecule has 4 rings (SSSR count). The van der Waals surface area contributed by atoms with Crippen molar-refractivity contribution in [2.24, 2.45) is 0 Å². The molecule has 2 amide bonds. The summed E-state index contributed by atoms with van der Waals surface area (Å²) in [5, 5.41) is 41.5. The number of likely N-dealkylation sites (N-methyl/N-ethyl adjacent to an activating group) is 1. The maximum absolute atomic E-state index is 12.3. The lowest BCUT2D eigenvalue weighted by molar-refractivity contribution is -0.252. The molecule has 3 aromatic rings. The van der Waals surface area contributed by atoms with Crippen LogP contribution in [0.25, 0.3) is 0 Å². The number of aromatic hydroxyl groups is 1. The van der Waals surface area contributed by atoms with Crippen molar-refractivity contribution in [1.29, 1.82) is 0 Å². The zero-order chi connectivity index (χ0) is 32.9. The van der Waals surface area contributed by atoms with Gasteiger partial charge in [-0.25, -0.2) is 5.48 Å². The van der Waals surface area contributed by atoms with Crippen molar-refractivity contribution in [3.63, 3.8) is 0 Å². The van der Waals surface area contributed by atoms with Crippen LogP contribution < -0.4 is 10.8 Å². The molecule has 11 heteroatoms. The van der Waals surface area contributed by atoms with Gasteiger partial charge in [-0.1, -0.05) is 67.1 Å². The summed E-state index contributed by atoms with van der Waals surface area (Å²) in [6.07, 6.45) is 1.32. The van der Waals surface area contributed by atoms with Gasteiger partial charge in [-0.3, -0.25) is 14.8 Å². The Morgan fingerprint density at radius 1 is 0.913 bits per heavy atom. The Balaban J connectivity index is 1.35. The molecule has 1 fully saturated rings. The van der Waals surface area contributed by atoms with Gasteiger partial charge >= 0.3 is 0 Å². The molecule has 0 unspecified atom stereocenters. The molecule has 46 heavy (non-hydrogen) atoms. The molecule has 1 saturated heterocycles. The summed E-state index contributed by atoms with van der Waals surface area (Å²) in [5.41, 5.74) is 5.81. The van der Waals surface area contributed by atoms with E-state index in [2.05, 4.69) is 5.32 Å². The first-order chi connectivity index (χ1) is 22.2. The minimum atomic E-state index is -0.775. The predicted octanol–water partition coefficient (Wildman–Crippen LogP) is 4.17. The number of carbonyl (C=O) groups is 2. The van der Waals surface area contributed by atoms with Gasteiger partial charge in [0.05, 0.1) is 24.9 Å². The summed E-state index contributed by atoms with van der Waals surface area (Å²) >= 11 is 0. The number of nitrogens with zero attached hydrogens (tertiary/aromatic N) is 1. The average molecular weight is 636 g/mol. The van der Waals surface area contributed by atoms with Crippen molar-refractivity contribution in [2.75, 3.05) is 20.1 Å². The first-order valence-corrected chi connectivity index (χ1v) is 15.7. The third kappa shape index (κ3) is 10.9. The van der Waals surface area contributed by atoms with Gasteiger partial charge in [-0.15, -0.1) is 0 Å². The largest absolute Gasteiger partial charge is 0.508 e. The molecule has 0 radical (unpaired) electrons. The number of aliphatic hydroxyl groups excluding tert-OH is 2. The molecule has 0 aromatic heterocycles. The number of benzene rings is 3. The van der Waals surface area contributed by atoms with Gasteiger partial charge < -0.3 is 35.0 Å². The number of unbranched alkanes of at least 4 members (excludes halogenated alkanes) is 2. The first kappa shape index (κ1) is 35.0. The van der Waals surface area contributed by atoms with E-state index in [4.69, 9.17) is 14.7 Å². The Labute approximate surface area is 269 Å². The normalized spacial score (nSPS) is 18.7. The van der Waals surface area contributed by atoms with E-state index in [1.807, 2.05) is 60.5 Å². The van der Waals surface area contributed by atoms with Gasteiger partial charge in [0.1, 0.15) is 5.75 Å². The molecule has 11 nitrogen and oxygen atoms in total. The first-order valence-electron chi connectivity index (χ1n) is 15.7. The number of amides is 2. The fourth-order valence-corrected chi connectivity index (χ4v) is 5.47. The van der Waals surface area contributed by atoms with Crippen LogP contribution >= 0.6 is 0 Å². The second-order valence-electron chi connectivity index (χ2n) is 11.8. The fourth-order valence-electron chi connectivity index (χ4n) is 5.47. The highest BCUT2D eigenvalue weighted by molar-refractivity contribution is 5.76. The molecule has 0 bridgehead atoms. The van der Waals surface area contributed by atoms with E-state index in [-0.39, 0.29) is 36.9 Å². The summed E-state index contributed by atoms with van der Waals surface area (Å²) in [4.78, 5) is 25.3. The number of ether oxygens (including phenoxy) is 2. The van der Waals surface area contributed by atoms with Gasteiger partial charge in [-0.2, -0.15) is 0 Å². The molecule has 4 atom stereocenters. The summed E-state index contributed by atoms with van der Waals surface area (Å²) in [6.45, 7) is 1.24. The van der Waals surface area contributed by atoms with E-state index in [1.165, 1.54) is 0 Å². The maximum Gasteiger partial charge on any atom is 0.243 e. The van der Waals surface area contributed by atoms with Crippen molar-refractivity contribution in [2.45, 2.75) is 76.3 Å². The second kappa shape index (κ2) is 17.7. The molecule has 0 aliphatic carbocycles. The zero-order valence-electron chi connectivity index (χ0n) is 26.2. The molecular weight excluding hydrogens is 590 g/mol. The van der Waals surface area contributed by atoms with Crippen LogP contribution in [0.4, 0.5) is 0 Å². The Bertz CT molecular complexity index is 1390. The Morgan fingerprint density at radius 3 is 2.26 bits per heavy atom. The summed E-state index contributed by atoms with van der Waals surface area (Å²) in [6, 6.07) is 22.0. The number of hydrogen-bond acceptors (Lipinski definition) is 9. The quantitative estimate of drug-likeness (QED) is 0.0771. The van der Waals surface area contributed by atoms with Crippen LogP contribution in [-0.4, -0.2) is 63.5 Å². The SMILES string of the molecule is CN(C[C@H]1C[C@@H](c2ccc(CO)cc2)O[C@@H](c2ccc(CNC(=O)CCCCCC(=O)NO)cc2)O1)C[C@@H](O)c1cccc(O)c1. The standard InChI is InChI=1S/C35H45N3O8/c1-38(22-31(41)28-6-5-7-29(40)18-28)21-30-19-32(26-14-12-25(23-39)13-15-26)46-35(45-30)27-16-10-24(11-17-27)20-36-33(42)8-3-2-4-9-34(43)37-44/h5-7,10-18,30-32,35,39-41,44H,2-4,8-9,19-23H2,1H3,(H,36,42)(H,37,43)/t30-,31-,32+,35+/m1/s1. The van der Waals surface area contributed by atoms with Crippen molar-refractivity contribution in [3.8, 4) is 5.75 Å². The highest BCUT2D eigenvalue weighted by Gasteiger charge is 2.33. The lowest BCUT2D eigenvalue weighted by atomic mass is 9.99. The minimum Gasteiger partial charge on any atom is -0.508 e. The lowest BCUT2D eigenvalue weighted by Crippen LogP contribution is -2.39. The number of carbonyl (C=O) groups excluding carboxylic acids is 2. The van der Waals surface area contributed by atoms with E-state index in [1.54, 1.807) is 29.7 Å². The third-order valence-electron chi connectivity index (χ3n) is 8.04. The molecule has 1 aliphatic heterocycles. The topological polar surface area (TPSA) is 161 Å². The molecule has 1 heterocycles. The zero-order valence-corrected chi connectivity index (χ0v) is 26.2. The van der Waals surface area contributed by atoms with Crippen molar-refractivity contribution < 1.29 is 39.6 Å². The monoisotopic (exact) mass is 635 g/mol. The molecule has 0 saturated carbocycles. The van der Waals surface area contributed by atoms with Crippen LogP contribution in [0.2, 0.25) is 0 Å². The van der Waals surface area contributed by atoms with Gasteiger partial charge in [-0.05, 0) is 54.3 Å². The number of phenols is 1. The van der Waals surface area contributed by atoms with Crippen LogP contribution in [0.5, 0.6) is 5.75 Å². The van der Waals surface area contributed by atoms with Crippen molar-refractivity contribution in [3.05, 3.63) is 101 Å². The van der Waals surface area contributed by atoms with Gasteiger partial charge in [0.2, 0.25) is 11.8 Å². The lowest BCUT2D eigenvalue weighted by Gasteiger charge is -2.38. The number of nitrogens with one attached hydrogen (secondary N) is 2. The second-order valence-corrected chi connectivity index (χ2v) is 11.8. The summed E-state index contributed by atoms with van der Waals surface area (Å²) in [7, 11) is 1.92. The smallest absolute Gasteiger partial charge is 0.243 e. The van der Waals surface area contributed by atoms with Crippen LogP contribution in [0.15, 0.2) is 72.8 Å². The maximum atomic E-state index is 12.3. The van der Waals surface area contributed by atoms with Gasteiger partial charge in [0.15, 0.2) is 6.29 Å². The van der Waals surface area contributed by atoms with Gasteiger partial charge in [0.25, 0.3) is 0 Å². The summed E-state index contributed by atoms with van der Waals surface area (Å²) in [5.74, 6) is -0.378.